The predicted molar refractivity (Wildman–Crippen MR) is 72.6 cm³/mol. The predicted octanol–water partition coefficient (Wildman–Crippen LogP) is 2.07. The fourth-order valence-corrected chi connectivity index (χ4v) is 1.89. The molecule has 1 aromatic carbocycles. The number of carboxylic acid groups (broad SMARTS) is 1. The van der Waals surface area contributed by atoms with Gasteiger partial charge in [0.25, 0.3) is 5.91 Å². The Bertz CT molecular complexity index is 463. The highest BCUT2D eigenvalue weighted by atomic mass is 79.9. The van der Waals surface area contributed by atoms with Crippen LogP contribution in [0.2, 0.25) is 0 Å². The summed E-state index contributed by atoms with van der Waals surface area (Å²) < 4.78 is 0.764. The van der Waals surface area contributed by atoms with Crippen molar-refractivity contribution in [3.63, 3.8) is 0 Å². The van der Waals surface area contributed by atoms with Crippen molar-refractivity contribution in [3.05, 3.63) is 28.2 Å². The standard InChI is InChI=1S/C12H15BrN2O3/c1-7(4-11(16)17)6-15-10-3-2-8(13)5-9(10)12(14)18/h2-3,5,7,15H,4,6H2,1H3,(H2,14,18)(H,16,17). The molecule has 1 rings (SSSR count). The summed E-state index contributed by atoms with van der Waals surface area (Å²) in [6.45, 7) is 2.29. The fraction of sp³-hybridized carbons (Fsp3) is 0.333. The highest BCUT2D eigenvalue weighted by Gasteiger charge is 2.11. The van der Waals surface area contributed by atoms with Crippen LogP contribution in [0, 0.1) is 5.92 Å². The van der Waals surface area contributed by atoms with Crippen LogP contribution in [0.15, 0.2) is 22.7 Å². The Morgan fingerprint density at radius 3 is 2.72 bits per heavy atom. The molecule has 0 spiro atoms. The van der Waals surface area contributed by atoms with E-state index < -0.39 is 11.9 Å². The van der Waals surface area contributed by atoms with Gasteiger partial charge in [-0.1, -0.05) is 22.9 Å². The van der Waals surface area contributed by atoms with Crippen LogP contribution in [0.1, 0.15) is 23.7 Å². The largest absolute Gasteiger partial charge is 0.481 e. The van der Waals surface area contributed by atoms with Crippen LogP contribution in [-0.4, -0.2) is 23.5 Å². The second-order valence-corrected chi connectivity index (χ2v) is 5.05. The third kappa shape index (κ3) is 4.37. The van der Waals surface area contributed by atoms with E-state index in [1.54, 1.807) is 18.2 Å². The Labute approximate surface area is 113 Å². The van der Waals surface area contributed by atoms with Crippen molar-refractivity contribution in [1.29, 1.82) is 0 Å². The van der Waals surface area contributed by atoms with E-state index in [1.807, 2.05) is 6.92 Å². The van der Waals surface area contributed by atoms with Crippen LogP contribution in [0.5, 0.6) is 0 Å². The minimum absolute atomic E-state index is 0.0353. The van der Waals surface area contributed by atoms with Crippen molar-refractivity contribution >= 4 is 33.5 Å². The molecule has 1 unspecified atom stereocenters. The topological polar surface area (TPSA) is 92.4 Å². The average molecular weight is 315 g/mol. The van der Waals surface area contributed by atoms with Crippen molar-refractivity contribution in [2.24, 2.45) is 11.7 Å². The molecule has 0 saturated heterocycles. The molecule has 5 nitrogen and oxygen atoms in total. The smallest absolute Gasteiger partial charge is 0.303 e. The minimum atomic E-state index is -0.838. The van der Waals surface area contributed by atoms with Crippen LogP contribution in [0.25, 0.3) is 0 Å². The first-order valence-corrected chi connectivity index (χ1v) is 6.24. The zero-order chi connectivity index (χ0) is 13.7. The van der Waals surface area contributed by atoms with Crippen LogP contribution >= 0.6 is 15.9 Å². The van der Waals surface area contributed by atoms with Gasteiger partial charge in [0.15, 0.2) is 0 Å². The van der Waals surface area contributed by atoms with Gasteiger partial charge in [-0.15, -0.1) is 0 Å². The Kier molecular flexibility index (Phi) is 5.15. The van der Waals surface area contributed by atoms with Gasteiger partial charge in [0.05, 0.1) is 5.56 Å². The highest BCUT2D eigenvalue weighted by Crippen LogP contribution is 2.21. The third-order valence-electron chi connectivity index (χ3n) is 2.41. The van der Waals surface area contributed by atoms with Crippen LogP contribution in [0.4, 0.5) is 5.69 Å². The molecule has 6 heteroatoms. The molecule has 1 aromatic rings. The molecule has 0 aliphatic heterocycles. The van der Waals surface area contributed by atoms with Crippen molar-refractivity contribution in [2.45, 2.75) is 13.3 Å². The van der Waals surface area contributed by atoms with E-state index in [4.69, 9.17) is 10.8 Å². The number of nitrogens with one attached hydrogen (secondary N) is 1. The van der Waals surface area contributed by atoms with Gasteiger partial charge in [0.1, 0.15) is 0 Å². The maximum Gasteiger partial charge on any atom is 0.303 e. The Balaban J connectivity index is 2.72. The van der Waals surface area contributed by atoms with Gasteiger partial charge < -0.3 is 16.2 Å². The molecule has 18 heavy (non-hydrogen) atoms. The SMILES string of the molecule is CC(CNc1ccc(Br)cc1C(N)=O)CC(=O)O. The molecule has 0 saturated carbocycles. The molecule has 1 atom stereocenters. The number of benzene rings is 1. The van der Waals surface area contributed by atoms with Crippen LogP contribution < -0.4 is 11.1 Å². The zero-order valence-corrected chi connectivity index (χ0v) is 11.5. The molecule has 0 radical (unpaired) electrons. The number of aliphatic carboxylic acids is 1. The van der Waals surface area contributed by atoms with E-state index in [-0.39, 0.29) is 12.3 Å². The second-order valence-electron chi connectivity index (χ2n) is 4.14. The molecule has 4 N–H and O–H groups in total. The molecule has 1 amide bonds. The summed E-state index contributed by atoms with van der Waals surface area (Å²) in [5.74, 6) is -1.40. The minimum Gasteiger partial charge on any atom is -0.481 e. The lowest BCUT2D eigenvalue weighted by atomic mass is 10.1. The Hall–Kier alpha value is -1.56. The van der Waals surface area contributed by atoms with Crippen molar-refractivity contribution in [1.82, 2.24) is 0 Å². The summed E-state index contributed by atoms with van der Waals surface area (Å²) in [5.41, 5.74) is 6.27. The average Bonchev–Trinajstić information content (AvgIpc) is 2.26. The van der Waals surface area contributed by atoms with Crippen molar-refractivity contribution < 1.29 is 14.7 Å². The molecule has 0 fully saturated rings. The molecule has 98 valence electrons. The van der Waals surface area contributed by atoms with Crippen molar-refractivity contribution in [2.75, 3.05) is 11.9 Å². The third-order valence-corrected chi connectivity index (χ3v) is 2.90. The Morgan fingerprint density at radius 1 is 1.50 bits per heavy atom. The van der Waals surface area contributed by atoms with Gasteiger partial charge in [-0.2, -0.15) is 0 Å². The van der Waals surface area contributed by atoms with Gasteiger partial charge in [-0.25, -0.2) is 0 Å². The maximum atomic E-state index is 11.3. The zero-order valence-electron chi connectivity index (χ0n) is 9.94. The summed E-state index contributed by atoms with van der Waals surface area (Å²) in [4.78, 5) is 21.8. The molecular weight excluding hydrogens is 300 g/mol. The summed E-state index contributed by atoms with van der Waals surface area (Å²) >= 11 is 3.26. The number of halogens is 1. The van der Waals surface area contributed by atoms with Gasteiger partial charge in [0.2, 0.25) is 0 Å². The van der Waals surface area contributed by atoms with E-state index in [9.17, 15) is 9.59 Å². The van der Waals surface area contributed by atoms with Gasteiger partial charge in [-0.05, 0) is 24.1 Å². The maximum absolute atomic E-state index is 11.3. The number of carbonyl (C=O) groups excluding carboxylic acids is 1. The summed E-state index contributed by atoms with van der Waals surface area (Å²) in [5, 5.41) is 11.7. The number of primary amides is 1. The highest BCUT2D eigenvalue weighted by molar-refractivity contribution is 9.10. The number of hydrogen-bond acceptors (Lipinski definition) is 3. The van der Waals surface area contributed by atoms with E-state index in [1.165, 1.54) is 0 Å². The number of carboxylic acids is 1. The number of anilines is 1. The molecule has 0 aliphatic carbocycles. The first-order chi connectivity index (χ1) is 8.40. The van der Waals surface area contributed by atoms with E-state index >= 15 is 0 Å². The van der Waals surface area contributed by atoms with Gasteiger partial charge >= 0.3 is 5.97 Å². The van der Waals surface area contributed by atoms with E-state index in [0.717, 1.165) is 4.47 Å². The summed E-state index contributed by atoms with van der Waals surface area (Å²) in [6, 6.07) is 5.15. The lowest BCUT2D eigenvalue weighted by Crippen LogP contribution is -2.18. The molecule has 0 aliphatic rings. The first kappa shape index (κ1) is 14.5. The molecule has 0 heterocycles. The van der Waals surface area contributed by atoms with Crippen molar-refractivity contribution in [3.8, 4) is 0 Å². The van der Waals surface area contributed by atoms with Gasteiger partial charge in [0, 0.05) is 23.1 Å². The van der Waals surface area contributed by atoms with E-state index in [0.29, 0.717) is 17.8 Å². The van der Waals surface area contributed by atoms with Crippen LogP contribution in [-0.2, 0) is 4.79 Å². The van der Waals surface area contributed by atoms with E-state index in [2.05, 4.69) is 21.2 Å². The lowest BCUT2D eigenvalue weighted by Gasteiger charge is -2.14. The summed E-state index contributed by atoms with van der Waals surface area (Å²) in [7, 11) is 0. The first-order valence-electron chi connectivity index (χ1n) is 5.45. The summed E-state index contributed by atoms with van der Waals surface area (Å²) in [6.07, 6.45) is 0.0788. The fourth-order valence-electron chi connectivity index (χ4n) is 1.53. The second kappa shape index (κ2) is 6.39. The van der Waals surface area contributed by atoms with Gasteiger partial charge in [-0.3, -0.25) is 9.59 Å². The number of hydrogen-bond donors (Lipinski definition) is 3. The number of nitrogens with two attached hydrogens (primary N) is 1. The Morgan fingerprint density at radius 2 is 2.17 bits per heavy atom. The quantitative estimate of drug-likeness (QED) is 0.749. The molecule has 0 bridgehead atoms. The molecule has 0 aromatic heterocycles. The molecular formula is C12H15BrN2O3. The lowest BCUT2D eigenvalue weighted by molar-refractivity contribution is -0.137. The number of carbonyl (C=O) groups is 2. The number of amides is 1. The number of rotatable bonds is 6. The normalized spacial score (nSPS) is 11.9. The van der Waals surface area contributed by atoms with Crippen LogP contribution in [0.3, 0.4) is 0 Å². The monoisotopic (exact) mass is 314 g/mol.